The number of carboxylic acid groups (broad SMARTS) is 2. The van der Waals surface area contributed by atoms with E-state index in [4.69, 9.17) is 15.3 Å². The molecule has 0 aromatic carbocycles. The SMILES string of the molecule is CCCCCC(=O)O.O=C(O)CCCCCO. The largest absolute Gasteiger partial charge is 0.481 e. The van der Waals surface area contributed by atoms with Crippen LogP contribution in [0.15, 0.2) is 0 Å². The van der Waals surface area contributed by atoms with E-state index in [2.05, 4.69) is 6.92 Å². The van der Waals surface area contributed by atoms with Crippen LogP contribution in [-0.4, -0.2) is 33.9 Å². The molecule has 0 amide bonds. The van der Waals surface area contributed by atoms with E-state index in [1.54, 1.807) is 0 Å². The van der Waals surface area contributed by atoms with Gasteiger partial charge in [-0.3, -0.25) is 9.59 Å². The molecule has 0 aliphatic rings. The molecule has 0 aromatic rings. The minimum absolute atomic E-state index is 0.166. The zero-order valence-electron chi connectivity index (χ0n) is 10.5. The predicted octanol–water partition coefficient (Wildman–Crippen LogP) is 2.28. The predicted molar refractivity (Wildman–Crippen MR) is 65.0 cm³/mol. The Morgan fingerprint density at radius 2 is 1.29 bits per heavy atom. The molecule has 0 heterocycles. The van der Waals surface area contributed by atoms with E-state index in [1.807, 2.05) is 0 Å². The molecule has 0 radical (unpaired) electrons. The molecular weight excluding hydrogens is 224 g/mol. The van der Waals surface area contributed by atoms with Crippen molar-refractivity contribution in [2.24, 2.45) is 0 Å². The first-order chi connectivity index (χ1) is 8.04. The zero-order valence-corrected chi connectivity index (χ0v) is 10.5. The highest BCUT2D eigenvalue weighted by Crippen LogP contribution is 1.98. The number of rotatable bonds is 9. The average molecular weight is 248 g/mol. The number of unbranched alkanes of at least 4 members (excludes halogenated alkanes) is 4. The summed E-state index contributed by atoms with van der Waals surface area (Å²) in [6, 6.07) is 0. The molecule has 5 nitrogen and oxygen atoms in total. The van der Waals surface area contributed by atoms with Gasteiger partial charge < -0.3 is 15.3 Å². The van der Waals surface area contributed by atoms with Crippen molar-refractivity contribution in [3.8, 4) is 0 Å². The zero-order chi connectivity index (χ0) is 13.5. The molecule has 0 aliphatic carbocycles. The first-order valence-electron chi connectivity index (χ1n) is 6.09. The van der Waals surface area contributed by atoms with Crippen LogP contribution >= 0.6 is 0 Å². The highest BCUT2D eigenvalue weighted by molar-refractivity contribution is 5.66. The van der Waals surface area contributed by atoms with Crippen LogP contribution in [0.2, 0.25) is 0 Å². The Morgan fingerprint density at radius 1 is 0.824 bits per heavy atom. The molecule has 0 rings (SSSR count). The van der Waals surface area contributed by atoms with Gasteiger partial charge in [0.25, 0.3) is 0 Å². The van der Waals surface area contributed by atoms with Crippen molar-refractivity contribution in [2.45, 2.75) is 58.3 Å². The third-order valence-corrected chi connectivity index (χ3v) is 2.04. The van der Waals surface area contributed by atoms with Crippen molar-refractivity contribution in [3.63, 3.8) is 0 Å². The summed E-state index contributed by atoms with van der Waals surface area (Å²) in [5, 5.41) is 24.6. The summed E-state index contributed by atoms with van der Waals surface area (Å²) in [5.41, 5.74) is 0. The van der Waals surface area contributed by atoms with E-state index >= 15 is 0 Å². The number of carboxylic acids is 2. The minimum atomic E-state index is -0.757. The van der Waals surface area contributed by atoms with Gasteiger partial charge in [-0.15, -0.1) is 0 Å². The molecule has 0 atom stereocenters. The average Bonchev–Trinajstić information content (AvgIpc) is 2.25. The minimum Gasteiger partial charge on any atom is -0.481 e. The van der Waals surface area contributed by atoms with Crippen molar-refractivity contribution in [1.29, 1.82) is 0 Å². The third kappa shape index (κ3) is 25.3. The first kappa shape index (κ1) is 18.3. The van der Waals surface area contributed by atoms with Crippen LogP contribution in [0.25, 0.3) is 0 Å². The second kappa shape index (κ2) is 14.9. The monoisotopic (exact) mass is 248 g/mol. The summed E-state index contributed by atoms with van der Waals surface area (Å²) < 4.78 is 0. The molecule has 0 saturated carbocycles. The summed E-state index contributed by atoms with van der Waals surface area (Å²) in [4.78, 5) is 19.8. The molecule has 3 N–H and O–H groups in total. The molecule has 102 valence electrons. The van der Waals surface area contributed by atoms with E-state index in [0.717, 1.165) is 25.7 Å². The second-order valence-corrected chi connectivity index (χ2v) is 3.78. The van der Waals surface area contributed by atoms with E-state index in [9.17, 15) is 9.59 Å². The standard InChI is InChI=1S/C6H12O3.C6H12O2/c7-5-3-1-2-4-6(8)9;1-2-3-4-5-6(7)8/h7H,1-5H2,(H,8,9);2-5H2,1H3,(H,7,8). The lowest BCUT2D eigenvalue weighted by Gasteiger charge is -1.92. The van der Waals surface area contributed by atoms with Crippen LogP contribution in [0.4, 0.5) is 0 Å². The summed E-state index contributed by atoms with van der Waals surface area (Å²) in [6.07, 6.45) is 5.70. The first-order valence-corrected chi connectivity index (χ1v) is 6.09. The summed E-state index contributed by atoms with van der Waals surface area (Å²) in [7, 11) is 0. The van der Waals surface area contributed by atoms with Gasteiger partial charge >= 0.3 is 11.9 Å². The molecule has 5 heteroatoms. The van der Waals surface area contributed by atoms with Gasteiger partial charge in [-0.2, -0.15) is 0 Å². The Hall–Kier alpha value is -1.10. The number of carbonyl (C=O) groups is 2. The maximum absolute atomic E-state index is 9.90. The molecule has 17 heavy (non-hydrogen) atoms. The summed E-state index contributed by atoms with van der Waals surface area (Å²) in [5.74, 6) is -1.44. The quantitative estimate of drug-likeness (QED) is 0.544. The van der Waals surface area contributed by atoms with Crippen LogP contribution in [0, 0.1) is 0 Å². The Kier molecular flexibility index (Phi) is 16.0. The van der Waals surface area contributed by atoms with Crippen LogP contribution in [-0.2, 0) is 9.59 Å². The van der Waals surface area contributed by atoms with Gasteiger partial charge in [0.05, 0.1) is 0 Å². The summed E-state index contributed by atoms with van der Waals surface area (Å²) in [6.45, 7) is 2.22. The molecule has 0 unspecified atom stereocenters. The van der Waals surface area contributed by atoms with Crippen molar-refractivity contribution >= 4 is 11.9 Å². The number of aliphatic carboxylic acids is 2. The topological polar surface area (TPSA) is 94.8 Å². The third-order valence-electron chi connectivity index (χ3n) is 2.04. The van der Waals surface area contributed by atoms with Crippen molar-refractivity contribution < 1.29 is 24.9 Å². The van der Waals surface area contributed by atoms with Gasteiger partial charge in [-0.05, 0) is 19.3 Å². The van der Waals surface area contributed by atoms with Gasteiger partial charge in [0.2, 0.25) is 0 Å². The van der Waals surface area contributed by atoms with Crippen molar-refractivity contribution in [1.82, 2.24) is 0 Å². The molecule has 0 fully saturated rings. The highest BCUT2D eigenvalue weighted by atomic mass is 16.4. The molecule has 0 bridgehead atoms. The Bertz CT molecular complexity index is 191. The number of hydrogen-bond acceptors (Lipinski definition) is 3. The van der Waals surface area contributed by atoms with Gasteiger partial charge in [-0.1, -0.05) is 26.2 Å². The Balaban J connectivity index is 0. The van der Waals surface area contributed by atoms with Crippen molar-refractivity contribution in [3.05, 3.63) is 0 Å². The van der Waals surface area contributed by atoms with Gasteiger partial charge in [0.15, 0.2) is 0 Å². The van der Waals surface area contributed by atoms with Crippen LogP contribution in [0.5, 0.6) is 0 Å². The number of aliphatic hydroxyl groups is 1. The maximum Gasteiger partial charge on any atom is 0.303 e. The molecule has 0 aromatic heterocycles. The van der Waals surface area contributed by atoms with Gasteiger partial charge in [-0.25, -0.2) is 0 Å². The second-order valence-electron chi connectivity index (χ2n) is 3.78. The van der Waals surface area contributed by atoms with Crippen LogP contribution < -0.4 is 0 Å². The van der Waals surface area contributed by atoms with Crippen molar-refractivity contribution in [2.75, 3.05) is 6.61 Å². The summed E-state index contributed by atoms with van der Waals surface area (Å²) >= 11 is 0. The van der Waals surface area contributed by atoms with E-state index in [0.29, 0.717) is 19.3 Å². The number of hydrogen-bond donors (Lipinski definition) is 3. The Morgan fingerprint density at radius 3 is 1.65 bits per heavy atom. The number of aliphatic hydroxyl groups excluding tert-OH is 1. The molecule has 0 spiro atoms. The molecule has 0 aliphatic heterocycles. The fraction of sp³-hybridized carbons (Fsp3) is 0.833. The fourth-order valence-electron chi connectivity index (χ4n) is 1.09. The maximum atomic E-state index is 9.90. The lowest BCUT2D eigenvalue weighted by atomic mass is 10.2. The molecule has 0 saturated heterocycles. The van der Waals surface area contributed by atoms with Gasteiger partial charge in [0, 0.05) is 19.4 Å². The smallest absolute Gasteiger partial charge is 0.303 e. The van der Waals surface area contributed by atoms with Crippen LogP contribution in [0.1, 0.15) is 58.3 Å². The van der Waals surface area contributed by atoms with E-state index < -0.39 is 11.9 Å². The lowest BCUT2D eigenvalue weighted by Crippen LogP contribution is -1.94. The highest BCUT2D eigenvalue weighted by Gasteiger charge is 1.94. The normalized spacial score (nSPS) is 9.29. The fourth-order valence-corrected chi connectivity index (χ4v) is 1.09. The molecular formula is C12H24O5. The van der Waals surface area contributed by atoms with Gasteiger partial charge in [0.1, 0.15) is 0 Å². The van der Waals surface area contributed by atoms with E-state index in [1.165, 1.54) is 0 Å². The lowest BCUT2D eigenvalue weighted by molar-refractivity contribution is -0.138. The Labute approximate surface area is 102 Å². The van der Waals surface area contributed by atoms with E-state index in [-0.39, 0.29) is 13.0 Å². The van der Waals surface area contributed by atoms with Crippen LogP contribution in [0.3, 0.4) is 0 Å².